The first-order valence-corrected chi connectivity index (χ1v) is 19.3. The van der Waals surface area contributed by atoms with Crippen LogP contribution in [0, 0.1) is 56.7 Å². The molecule has 10 atom stereocenters. The van der Waals surface area contributed by atoms with Crippen LogP contribution in [0.25, 0.3) is 0 Å². The van der Waals surface area contributed by atoms with Gasteiger partial charge in [0, 0.05) is 22.5 Å². The minimum absolute atomic E-state index is 0.118. The number of thiazole rings is 1. The number of carboxylic acid groups (broad SMARTS) is 1. The lowest BCUT2D eigenvalue weighted by Crippen LogP contribution is -2.69. The number of fused-ring (bicyclic) bond motifs is 7. The maximum absolute atomic E-state index is 13.4. The van der Waals surface area contributed by atoms with Crippen LogP contribution in [0.2, 0.25) is 0 Å². The molecule has 1 aromatic heterocycles. The van der Waals surface area contributed by atoms with Crippen LogP contribution in [0.5, 0.6) is 0 Å². The highest BCUT2D eigenvalue weighted by molar-refractivity contribution is 7.13. The number of carbonyl (C=O) groups excluding carboxylic acids is 2. The molecule has 0 radical (unpaired) electrons. The summed E-state index contributed by atoms with van der Waals surface area (Å²) in [6.07, 6.45) is 12.0. The number of anilines is 1. The number of nitrogens with one attached hydrogen (secondary N) is 2. The molecule has 0 unspecified atom stereocenters. The molecule has 1 aromatic rings. The van der Waals surface area contributed by atoms with Gasteiger partial charge in [-0.05, 0) is 131 Å². The molecule has 48 heavy (non-hydrogen) atoms. The van der Waals surface area contributed by atoms with Crippen molar-refractivity contribution in [3.8, 4) is 0 Å². The highest BCUT2D eigenvalue weighted by Crippen LogP contribution is 2.76. The Balaban J connectivity index is 1.25. The number of hydrogen-bond donors (Lipinski definition) is 3. The Hall–Kier alpha value is -2.42. The Morgan fingerprint density at radius 3 is 2.35 bits per heavy atom. The summed E-state index contributed by atoms with van der Waals surface area (Å²) in [7, 11) is 0. The predicted molar refractivity (Wildman–Crippen MR) is 189 cm³/mol. The van der Waals surface area contributed by atoms with Gasteiger partial charge in [-0.15, -0.1) is 11.3 Å². The Labute approximate surface area is 291 Å². The molecule has 0 spiro atoms. The van der Waals surface area contributed by atoms with E-state index >= 15 is 0 Å². The molecule has 3 N–H and O–H groups in total. The van der Waals surface area contributed by atoms with Crippen molar-refractivity contribution in [2.45, 2.75) is 138 Å². The largest absolute Gasteiger partial charge is 0.481 e. The average Bonchev–Trinajstić information content (AvgIpc) is 3.63. The molecule has 8 nitrogen and oxygen atoms in total. The number of hydrogen-bond acceptors (Lipinski definition) is 6. The predicted octanol–water partition coefficient (Wildman–Crippen LogP) is 9.09. The molecule has 9 heteroatoms. The maximum atomic E-state index is 13.4. The third-order valence-electron chi connectivity index (χ3n) is 15.5. The zero-order valence-corrected chi connectivity index (χ0v) is 31.4. The van der Waals surface area contributed by atoms with Crippen molar-refractivity contribution in [2.75, 3.05) is 5.32 Å². The summed E-state index contributed by atoms with van der Waals surface area (Å²) in [4.78, 5) is 42.5. The van der Waals surface area contributed by atoms with Crippen LogP contribution in [0.3, 0.4) is 0 Å². The van der Waals surface area contributed by atoms with E-state index in [1.54, 1.807) is 20.0 Å². The molecule has 5 saturated carbocycles. The van der Waals surface area contributed by atoms with Crippen LogP contribution in [-0.2, 0) is 14.3 Å². The number of allylic oxidation sites excluding steroid dienone is 1. The maximum Gasteiger partial charge on any atom is 0.321 e. The number of aromatic nitrogens is 1. The van der Waals surface area contributed by atoms with Gasteiger partial charge in [-0.2, -0.15) is 0 Å². The summed E-state index contributed by atoms with van der Waals surface area (Å²) in [6, 6.07) is -0.139. The standard InChI is InChI=1S/C39H59N3O5S/c1-23(2)24-12-17-39(42-32(46)41-33-40-20-21-48-33)19-18-37(8)25(30(24)39)10-11-27-36(7)15-14-28(47-29(43)22-34(3,4)31(44)45)35(5,6)26(36)13-16-38(27,37)9/h20-21,24-28,30H,1,10-19,22H2,2-9H3,(H,44,45)(H2,40,41,42,46)/t24-,25+,26-,27+,28-,30+,36-,37+,38+,39-/m0/s1. The molecule has 0 saturated heterocycles. The fourth-order valence-electron chi connectivity index (χ4n) is 12.8. The zero-order valence-electron chi connectivity index (χ0n) is 30.5. The lowest BCUT2D eigenvalue weighted by molar-refractivity contribution is -0.246. The van der Waals surface area contributed by atoms with E-state index in [9.17, 15) is 19.5 Å². The van der Waals surface area contributed by atoms with E-state index in [0.717, 1.165) is 57.8 Å². The summed E-state index contributed by atoms with van der Waals surface area (Å²) in [5.74, 6) is 0.854. The minimum Gasteiger partial charge on any atom is -0.481 e. The number of carboxylic acids is 1. The van der Waals surface area contributed by atoms with Crippen molar-refractivity contribution in [1.29, 1.82) is 0 Å². The van der Waals surface area contributed by atoms with Gasteiger partial charge in [-0.3, -0.25) is 14.9 Å². The van der Waals surface area contributed by atoms with Gasteiger partial charge >= 0.3 is 18.0 Å². The number of aliphatic carboxylic acids is 1. The van der Waals surface area contributed by atoms with Gasteiger partial charge < -0.3 is 15.2 Å². The Morgan fingerprint density at radius 1 is 0.979 bits per heavy atom. The number of esters is 1. The van der Waals surface area contributed by atoms with Gasteiger partial charge in [-0.25, -0.2) is 9.78 Å². The van der Waals surface area contributed by atoms with Crippen LogP contribution in [0.15, 0.2) is 23.7 Å². The van der Waals surface area contributed by atoms with Crippen molar-refractivity contribution in [1.82, 2.24) is 10.3 Å². The van der Waals surface area contributed by atoms with E-state index in [1.165, 1.54) is 23.3 Å². The van der Waals surface area contributed by atoms with Crippen molar-refractivity contribution < 1.29 is 24.2 Å². The third-order valence-corrected chi connectivity index (χ3v) is 16.1. The van der Waals surface area contributed by atoms with E-state index in [2.05, 4.69) is 63.7 Å². The normalized spacial score (nSPS) is 41.5. The summed E-state index contributed by atoms with van der Waals surface area (Å²) in [6.45, 7) is 22.2. The number of urea groups is 1. The Kier molecular flexibility index (Phi) is 8.73. The topological polar surface area (TPSA) is 118 Å². The van der Waals surface area contributed by atoms with Crippen molar-refractivity contribution in [2.24, 2.45) is 56.7 Å². The van der Waals surface area contributed by atoms with Crippen LogP contribution >= 0.6 is 11.3 Å². The second-order valence-corrected chi connectivity index (χ2v) is 19.4. The molecule has 2 amide bonds. The van der Waals surface area contributed by atoms with Crippen LogP contribution in [-0.4, -0.2) is 39.7 Å². The van der Waals surface area contributed by atoms with Crippen LogP contribution in [0.1, 0.15) is 126 Å². The Bertz CT molecular complexity index is 1460. The highest BCUT2D eigenvalue weighted by atomic mass is 32.1. The van der Waals surface area contributed by atoms with Crippen molar-refractivity contribution in [3.63, 3.8) is 0 Å². The smallest absolute Gasteiger partial charge is 0.321 e. The van der Waals surface area contributed by atoms with Crippen molar-refractivity contribution in [3.05, 3.63) is 23.7 Å². The molecule has 6 rings (SSSR count). The van der Waals surface area contributed by atoms with Gasteiger partial charge in [0.25, 0.3) is 0 Å². The van der Waals surface area contributed by atoms with Crippen LogP contribution < -0.4 is 10.6 Å². The van der Waals surface area contributed by atoms with E-state index in [-0.39, 0.29) is 45.8 Å². The molecule has 0 bridgehead atoms. The molecule has 0 aromatic carbocycles. The molecule has 5 aliphatic carbocycles. The van der Waals surface area contributed by atoms with E-state index in [1.807, 2.05) is 5.38 Å². The second-order valence-electron chi connectivity index (χ2n) is 18.5. The first-order chi connectivity index (χ1) is 22.3. The zero-order chi connectivity index (χ0) is 35.1. The van der Waals surface area contributed by atoms with Gasteiger partial charge in [0.05, 0.1) is 11.8 Å². The number of ether oxygens (including phenoxy) is 1. The quantitative estimate of drug-likeness (QED) is 0.195. The molecule has 5 aliphatic rings. The minimum atomic E-state index is -1.15. The number of rotatable bonds is 7. The molecule has 5 fully saturated rings. The van der Waals surface area contributed by atoms with E-state index in [4.69, 9.17) is 4.74 Å². The molecular formula is C39H59N3O5S. The lowest BCUT2D eigenvalue weighted by atomic mass is 9.32. The van der Waals surface area contributed by atoms with Crippen molar-refractivity contribution >= 4 is 34.4 Å². The van der Waals surface area contributed by atoms with Gasteiger partial charge in [0.15, 0.2) is 5.13 Å². The summed E-state index contributed by atoms with van der Waals surface area (Å²) in [5, 5.41) is 18.7. The fraction of sp³-hybridized carbons (Fsp3) is 0.795. The lowest BCUT2D eigenvalue weighted by Gasteiger charge is -2.73. The molecule has 0 aliphatic heterocycles. The number of carbonyl (C=O) groups is 3. The third kappa shape index (κ3) is 5.35. The monoisotopic (exact) mass is 681 g/mol. The first-order valence-electron chi connectivity index (χ1n) is 18.4. The highest BCUT2D eigenvalue weighted by Gasteiger charge is 2.71. The number of nitrogens with zero attached hydrogens (tertiary/aromatic N) is 1. The van der Waals surface area contributed by atoms with Gasteiger partial charge in [0.1, 0.15) is 6.10 Å². The SMILES string of the molecule is C=C(C)[C@@H]1CC[C@]2(NC(=O)Nc3nccs3)CC[C@]3(C)[C@H](CC[C@@H]4[C@@]5(C)CC[C@H](OC(=O)CC(C)(C)C(=O)O)C(C)(C)[C@@H]5CC[C@]43C)[C@@H]12. The Morgan fingerprint density at radius 2 is 1.71 bits per heavy atom. The van der Waals surface area contributed by atoms with E-state index in [0.29, 0.717) is 34.7 Å². The summed E-state index contributed by atoms with van der Waals surface area (Å²) < 4.78 is 6.16. The summed E-state index contributed by atoms with van der Waals surface area (Å²) >= 11 is 1.44. The first kappa shape index (κ1) is 35.4. The molecule has 1 heterocycles. The average molecular weight is 682 g/mol. The number of amides is 2. The molecular weight excluding hydrogens is 623 g/mol. The second kappa shape index (κ2) is 11.8. The fourth-order valence-corrected chi connectivity index (χ4v) is 13.4. The van der Waals surface area contributed by atoms with Gasteiger partial charge in [-0.1, -0.05) is 46.8 Å². The van der Waals surface area contributed by atoms with Crippen LogP contribution in [0.4, 0.5) is 9.93 Å². The summed E-state index contributed by atoms with van der Waals surface area (Å²) in [5.41, 5.74) is 0.0743. The van der Waals surface area contributed by atoms with E-state index < -0.39 is 17.4 Å². The van der Waals surface area contributed by atoms with Gasteiger partial charge in [0.2, 0.25) is 0 Å². The molecule has 266 valence electrons.